The number of nitrogens with one attached hydrogen (secondary N) is 1. The zero-order valence-electron chi connectivity index (χ0n) is 11.8. The van der Waals surface area contributed by atoms with Crippen LogP contribution in [-0.4, -0.2) is 18.6 Å². The molecule has 1 heterocycles. The fourth-order valence-electron chi connectivity index (χ4n) is 2.10. The summed E-state index contributed by atoms with van der Waals surface area (Å²) in [5.41, 5.74) is 2.28. The number of rotatable bonds is 6. The molecule has 1 unspecified atom stereocenters. The second-order valence-corrected chi connectivity index (χ2v) is 5.40. The first-order chi connectivity index (χ1) is 9.76. The topological polar surface area (TPSA) is 34.1 Å². The fraction of sp³-hybridized carbons (Fsp3) is 0.312. The predicted octanol–water partition coefficient (Wildman–Crippen LogP) is 3.94. The molecule has 0 amide bonds. The first-order valence-electron chi connectivity index (χ1n) is 6.75. The largest absolute Gasteiger partial charge is 0.492 e. The molecule has 2 aromatic rings. The minimum Gasteiger partial charge on any atom is -0.492 e. The molecule has 1 aromatic heterocycles. The minimum atomic E-state index is 0.0863. The number of halogens is 1. The molecule has 3 nitrogen and oxygen atoms in total. The van der Waals surface area contributed by atoms with Crippen molar-refractivity contribution in [3.05, 3.63) is 58.3 Å². The predicted molar refractivity (Wildman–Crippen MR) is 85.1 cm³/mol. The molecule has 0 spiro atoms. The smallest absolute Gasteiger partial charge is 0.137 e. The Labute approximate surface area is 128 Å². The van der Waals surface area contributed by atoms with Gasteiger partial charge in [0.2, 0.25) is 0 Å². The summed E-state index contributed by atoms with van der Waals surface area (Å²) in [7, 11) is 1.95. The van der Waals surface area contributed by atoms with Crippen molar-refractivity contribution in [3.63, 3.8) is 0 Å². The number of ether oxygens (including phenoxy) is 1. The van der Waals surface area contributed by atoms with Gasteiger partial charge in [-0.2, -0.15) is 0 Å². The Morgan fingerprint density at radius 3 is 2.80 bits per heavy atom. The molecule has 2 rings (SSSR count). The highest BCUT2D eigenvalue weighted by Crippen LogP contribution is 2.29. The average molecular weight is 335 g/mol. The number of pyridine rings is 1. The molecule has 0 fully saturated rings. The van der Waals surface area contributed by atoms with E-state index in [1.54, 1.807) is 6.20 Å². The molecule has 0 saturated carbocycles. The van der Waals surface area contributed by atoms with E-state index in [0.717, 1.165) is 22.2 Å². The fourth-order valence-corrected chi connectivity index (χ4v) is 2.62. The summed E-state index contributed by atoms with van der Waals surface area (Å²) >= 11 is 3.60. The Morgan fingerprint density at radius 1 is 1.30 bits per heavy atom. The summed E-state index contributed by atoms with van der Waals surface area (Å²) in [5, 5.41) is 3.33. The third-order valence-electron chi connectivity index (χ3n) is 3.05. The summed E-state index contributed by atoms with van der Waals surface area (Å²) in [4.78, 5) is 4.28. The Morgan fingerprint density at radius 2 is 2.10 bits per heavy atom. The SMILES string of the molecule is CCCOc1cncc(C(NC)c2ccccc2Br)c1. The molecule has 0 saturated heterocycles. The van der Waals surface area contributed by atoms with Gasteiger partial charge in [0.05, 0.1) is 18.8 Å². The van der Waals surface area contributed by atoms with Crippen LogP contribution in [0.25, 0.3) is 0 Å². The van der Waals surface area contributed by atoms with Crippen LogP contribution in [0, 0.1) is 0 Å². The lowest BCUT2D eigenvalue weighted by molar-refractivity contribution is 0.315. The molecule has 0 radical (unpaired) electrons. The van der Waals surface area contributed by atoms with E-state index in [1.807, 2.05) is 37.5 Å². The van der Waals surface area contributed by atoms with E-state index in [1.165, 1.54) is 5.56 Å². The van der Waals surface area contributed by atoms with Crippen LogP contribution in [0.5, 0.6) is 5.75 Å². The normalized spacial score (nSPS) is 12.2. The van der Waals surface area contributed by atoms with Crippen molar-refractivity contribution >= 4 is 15.9 Å². The first-order valence-corrected chi connectivity index (χ1v) is 7.55. The summed E-state index contributed by atoms with van der Waals surface area (Å²) in [6.45, 7) is 2.80. The second kappa shape index (κ2) is 7.41. The third-order valence-corrected chi connectivity index (χ3v) is 3.77. The van der Waals surface area contributed by atoms with Gasteiger partial charge in [-0.1, -0.05) is 41.1 Å². The lowest BCUT2D eigenvalue weighted by Crippen LogP contribution is -2.18. The van der Waals surface area contributed by atoms with E-state index in [9.17, 15) is 0 Å². The molecule has 1 aromatic carbocycles. The van der Waals surface area contributed by atoms with Crippen LogP contribution in [-0.2, 0) is 0 Å². The van der Waals surface area contributed by atoms with Crippen LogP contribution in [0.2, 0.25) is 0 Å². The van der Waals surface area contributed by atoms with E-state index in [0.29, 0.717) is 6.61 Å². The monoisotopic (exact) mass is 334 g/mol. The molecular formula is C16H19BrN2O. The van der Waals surface area contributed by atoms with E-state index in [4.69, 9.17) is 4.74 Å². The van der Waals surface area contributed by atoms with E-state index < -0.39 is 0 Å². The highest BCUT2D eigenvalue weighted by Gasteiger charge is 2.15. The molecular weight excluding hydrogens is 316 g/mol. The molecule has 20 heavy (non-hydrogen) atoms. The van der Waals surface area contributed by atoms with Crippen LogP contribution >= 0.6 is 15.9 Å². The highest BCUT2D eigenvalue weighted by molar-refractivity contribution is 9.10. The van der Waals surface area contributed by atoms with E-state index in [-0.39, 0.29) is 6.04 Å². The third kappa shape index (κ3) is 3.58. The average Bonchev–Trinajstić information content (AvgIpc) is 2.48. The van der Waals surface area contributed by atoms with Gasteiger partial charge in [0.25, 0.3) is 0 Å². The molecule has 1 N–H and O–H groups in total. The molecule has 0 aliphatic rings. The number of hydrogen-bond acceptors (Lipinski definition) is 3. The van der Waals surface area contributed by atoms with Crippen molar-refractivity contribution in [2.24, 2.45) is 0 Å². The number of nitrogens with zero attached hydrogens (tertiary/aromatic N) is 1. The minimum absolute atomic E-state index is 0.0863. The van der Waals surface area contributed by atoms with Gasteiger partial charge in [-0.05, 0) is 36.7 Å². The van der Waals surface area contributed by atoms with Crippen LogP contribution < -0.4 is 10.1 Å². The Hall–Kier alpha value is -1.39. The maximum Gasteiger partial charge on any atom is 0.137 e. The van der Waals surface area contributed by atoms with Gasteiger partial charge in [-0.25, -0.2) is 0 Å². The van der Waals surface area contributed by atoms with Crippen molar-refractivity contribution in [2.45, 2.75) is 19.4 Å². The zero-order valence-corrected chi connectivity index (χ0v) is 13.4. The standard InChI is InChI=1S/C16H19BrN2O/c1-3-8-20-13-9-12(10-19-11-13)16(18-2)14-6-4-5-7-15(14)17/h4-7,9-11,16,18H,3,8H2,1-2H3. The van der Waals surface area contributed by atoms with Crippen molar-refractivity contribution in [1.82, 2.24) is 10.3 Å². The van der Waals surface area contributed by atoms with Gasteiger partial charge in [0.1, 0.15) is 5.75 Å². The van der Waals surface area contributed by atoms with Crippen LogP contribution in [0.4, 0.5) is 0 Å². The van der Waals surface area contributed by atoms with E-state index in [2.05, 4.69) is 39.2 Å². The van der Waals surface area contributed by atoms with Crippen LogP contribution in [0.3, 0.4) is 0 Å². The van der Waals surface area contributed by atoms with Crippen molar-refractivity contribution in [3.8, 4) is 5.75 Å². The van der Waals surface area contributed by atoms with Crippen molar-refractivity contribution in [1.29, 1.82) is 0 Å². The molecule has 0 aliphatic heterocycles. The second-order valence-electron chi connectivity index (χ2n) is 4.55. The first kappa shape index (κ1) is 15.0. The maximum absolute atomic E-state index is 5.65. The quantitative estimate of drug-likeness (QED) is 0.868. The number of benzene rings is 1. The van der Waals surface area contributed by atoms with Crippen molar-refractivity contribution < 1.29 is 4.74 Å². The number of aromatic nitrogens is 1. The van der Waals surface area contributed by atoms with Gasteiger partial charge < -0.3 is 10.1 Å². The maximum atomic E-state index is 5.65. The molecule has 0 bridgehead atoms. The lowest BCUT2D eigenvalue weighted by Gasteiger charge is -2.19. The molecule has 4 heteroatoms. The highest BCUT2D eigenvalue weighted by atomic mass is 79.9. The Bertz CT molecular complexity index is 560. The van der Waals surface area contributed by atoms with Crippen LogP contribution in [0.15, 0.2) is 47.2 Å². The van der Waals surface area contributed by atoms with Gasteiger partial charge >= 0.3 is 0 Å². The van der Waals surface area contributed by atoms with Gasteiger partial charge in [-0.15, -0.1) is 0 Å². The zero-order chi connectivity index (χ0) is 14.4. The van der Waals surface area contributed by atoms with E-state index >= 15 is 0 Å². The van der Waals surface area contributed by atoms with Crippen molar-refractivity contribution in [2.75, 3.05) is 13.7 Å². The summed E-state index contributed by atoms with van der Waals surface area (Å²) in [6.07, 6.45) is 4.62. The van der Waals surface area contributed by atoms with Gasteiger partial charge in [-0.3, -0.25) is 4.98 Å². The molecule has 1 atom stereocenters. The summed E-state index contributed by atoms with van der Waals surface area (Å²) in [6, 6.07) is 10.3. The van der Waals surface area contributed by atoms with Gasteiger partial charge in [0.15, 0.2) is 0 Å². The number of hydrogen-bond donors (Lipinski definition) is 1. The Balaban J connectivity index is 2.30. The molecule has 106 valence electrons. The lowest BCUT2D eigenvalue weighted by atomic mass is 10.0. The summed E-state index contributed by atoms with van der Waals surface area (Å²) < 4.78 is 6.74. The Kier molecular flexibility index (Phi) is 5.56. The summed E-state index contributed by atoms with van der Waals surface area (Å²) in [5.74, 6) is 0.816. The molecule has 0 aliphatic carbocycles. The van der Waals surface area contributed by atoms with Crippen LogP contribution in [0.1, 0.15) is 30.5 Å². The van der Waals surface area contributed by atoms with Gasteiger partial charge in [0, 0.05) is 10.7 Å².